The number of benzene rings is 1. The van der Waals surface area contributed by atoms with Crippen LogP contribution in [0.1, 0.15) is 39.5 Å². The molecule has 2 amide bonds. The van der Waals surface area contributed by atoms with Gasteiger partial charge in [-0.3, -0.25) is 14.4 Å². The molecule has 9 nitrogen and oxygen atoms in total. The fourth-order valence-corrected chi connectivity index (χ4v) is 6.55. The predicted molar refractivity (Wildman–Crippen MR) is 149 cm³/mol. The smallest absolute Gasteiger partial charge is 0.312 e. The SMILES string of the molecule is C=CCCOC(=O)[C@@H]1[C@H]2C(=O)N(CCCO)C(C(=O)N(CC=C)c3ccc(N(CC)CC)cc3)C23CC[C@H]1O3. The topological polar surface area (TPSA) is 99.6 Å². The quantitative estimate of drug-likeness (QED) is 0.220. The Balaban J connectivity index is 1.68. The van der Waals surface area contributed by atoms with Gasteiger partial charge in [-0.1, -0.05) is 12.2 Å². The first-order chi connectivity index (χ1) is 18.9. The van der Waals surface area contributed by atoms with E-state index in [1.807, 2.05) is 24.3 Å². The molecule has 3 aliphatic rings. The van der Waals surface area contributed by atoms with Crippen LogP contribution in [0.2, 0.25) is 0 Å². The lowest BCUT2D eigenvalue weighted by molar-refractivity contribution is -0.155. The molecule has 3 aliphatic heterocycles. The lowest BCUT2D eigenvalue weighted by Gasteiger charge is -2.37. The van der Waals surface area contributed by atoms with Crippen LogP contribution < -0.4 is 9.80 Å². The minimum absolute atomic E-state index is 0.123. The van der Waals surface area contributed by atoms with Gasteiger partial charge in [0.25, 0.3) is 5.91 Å². The molecule has 212 valence electrons. The molecule has 2 bridgehead atoms. The Hall–Kier alpha value is -3.17. The fraction of sp³-hybridized carbons (Fsp3) is 0.567. The van der Waals surface area contributed by atoms with E-state index in [4.69, 9.17) is 9.47 Å². The number of likely N-dealkylation sites (tertiary alicyclic amines) is 1. The summed E-state index contributed by atoms with van der Waals surface area (Å²) < 4.78 is 11.9. The van der Waals surface area contributed by atoms with Crippen molar-refractivity contribution in [1.29, 1.82) is 0 Å². The summed E-state index contributed by atoms with van der Waals surface area (Å²) in [7, 11) is 0. The molecule has 4 rings (SSSR count). The Labute approximate surface area is 231 Å². The van der Waals surface area contributed by atoms with E-state index in [1.165, 1.54) is 4.90 Å². The van der Waals surface area contributed by atoms with Gasteiger partial charge >= 0.3 is 5.97 Å². The molecule has 1 spiro atoms. The number of hydrogen-bond acceptors (Lipinski definition) is 7. The second-order valence-electron chi connectivity index (χ2n) is 10.3. The van der Waals surface area contributed by atoms with E-state index in [2.05, 4.69) is 31.9 Å². The third kappa shape index (κ3) is 5.10. The summed E-state index contributed by atoms with van der Waals surface area (Å²) in [5, 5.41) is 9.55. The number of nitrogens with zero attached hydrogens (tertiary/aromatic N) is 3. The van der Waals surface area contributed by atoms with Crippen LogP contribution in [0.25, 0.3) is 0 Å². The Morgan fingerprint density at radius 3 is 2.49 bits per heavy atom. The van der Waals surface area contributed by atoms with Crippen molar-refractivity contribution in [3.8, 4) is 0 Å². The molecular formula is C30H41N3O6. The molecule has 1 N–H and O–H groups in total. The van der Waals surface area contributed by atoms with Crippen LogP contribution in [-0.4, -0.2) is 84.9 Å². The summed E-state index contributed by atoms with van der Waals surface area (Å²) in [6.07, 6.45) is 4.76. The molecule has 39 heavy (non-hydrogen) atoms. The maximum Gasteiger partial charge on any atom is 0.312 e. The normalized spacial score (nSPS) is 26.8. The van der Waals surface area contributed by atoms with Gasteiger partial charge in [0.15, 0.2) is 0 Å². The highest BCUT2D eigenvalue weighted by Crippen LogP contribution is 2.59. The largest absolute Gasteiger partial charge is 0.465 e. The number of amides is 2. The molecule has 5 atom stereocenters. The number of rotatable bonds is 14. The van der Waals surface area contributed by atoms with Crippen LogP contribution >= 0.6 is 0 Å². The molecule has 0 radical (unpaired) electrons. The zero-order valence-electron chi connectivity index (χ0n) is 23.1. The molecule has 2 unspecified atom stereocenters. The van der Waals surface area contributed by atoms with E-state index in [-0.39, 0.29) is 38.1 Å². The Bertz CT molecular complexity index is 1070. The number of aliphatic hydroxyl groups is 1. The van der Waals surface area contributed by atoms with Crippen molar-refractivity contribution in [2.75, 3.05) is 49.2 Å². The molecule has 0 aliphatic carbocycles. The van der Waals surface area contributed by atoms with E-state index in [9.17, 15) is 19.5 Å². The van der Waals surface area contributed by atoms with E-state index in [0.29, 0.717) is 31.4 Å². The van der Waals surface area contributed by atoms with E-state index in [0.717, 1.165) is 18.8 Å². The molecule has 1 aromatic rings. The van der Waals surface area contributed by atoms with Crippen LogP contribution in [0.15, 0.2) is 49.6 Å². The lowest BCUT2D eigenvalue weighted by Crippen LogP contribution is -2.56. The maximum atomic E-state index is 14.4. The van der Waals surface area contributed by atoms with Gasteiger partial charge in [-0.2, -0.15) is 0 Å². The third-order valence-corrected chi connectivity index (χ3v) is 8.30. The zero-order valence-corrected chi connectivity index (χ0v) is 23.1. The number of aliphatic hydroxyl groups excluding tert-OH is 1. The highest BCUT2D eigenvalue weighted by Gasteiger charge is 2.75. The minimum Gasteiger partial charge on any atom is -0.465 e. The second-order valence-corrected chi connectivity index (χ2v) is 10.3. The summed E-state index contributed by atoms with van der Waals surface area (Å²) in [5.74, 6) is -2.58. The second kappa shape index (κ2) is 12.3. The number of hydrogen-bond donors (Lipinski definition) is 1. The van der Waals surface area contributed by atoms with Crippen LogP contribution in [0.3, 0.4) is 0 Å². The van der Waals surface area contributed by atoms with E-state index < -0.39 is 35.6 Å². The van der Waals surface area contributed by atoms with Crippen LogP contribution in [0.4, 0.5) is 11.4 Å². The zero-order chi connectivity index (χ0) is 28.2. The number of fused-ring (bicyclic) bond motifs is 1. The molecule has 3 heterocycles. The van der Waals surface area contributed by atoms with E-state index in [1.54, 1.807) is 17.1 Å². The molecule has 0 saturated carbocycles. The van der Waals surface area contributed by atoms with Gasteiger partial charge in [0.1, 0.15) is 11.6 Å². The van der Waals surface area contributed by atoms with Crippen molar-refractivity contribution in [3.63, 3.8) is 0 Å². The minimum atomic E-state index is -1.11. The predicted octanol–water partition coefficient (Wildman–Crippen LogP) is 2.93. The summed E-state index contributed by atoms with van der Waals surface area (Å²) in [4.78, 5) is 46.8. The van der Waals surface area contributed by atoms with Crippen molar-refractivity contribution >= 4 is 29.2 Å². The van der Waals surface area contributed by atoms with Crippen LogP contribution in [0, 0.1) is 11.8 Å². The first-order valence-corrected chi connectivity index (χ1v) is 14.0. The standard InChI is InChI=1S/C30H41N3O6/c1-5-9-20-38-29(37)24-23-15-16-30(39-23)25(24)27(35)33(18-10-19-34)26(30)28(36)32(17-6-2)22-13-11-21(12-14-22)31(7-3)8-4/h5-6,11-14,23-26,34H,1-2,7-10,15-20H2,3-4H3/t23-,24+,25+,26?,30?/m1/s1. The summed E-state index contributed by atoms with van der Waals surface area (Å²) in [5.41, 5.74) is 0.638. The molecular weight excluding hydrogens is 498 g/mol. The molecule has 1 aromatic carbocycles. The molecule has 3 fully saturated rings. The van der Waals surface area contributed by atoms with Crippen LogP contribution in [-0.2, 0) is 23.9 Å². The summed E-state index contributed by atoms with van der Waals surface area (Å²) in [6, 6.07) is 6.88. The van der Waals surface area contributed by atoms with Gasteiger partial charge in [-0.15, -0.1) is 13.2 Å². The number of carbonyl (C=O) groups is 3. The van der Waals surface area contributed by atoms with Gasteiger partial charge in [0, 0.05) is 44.2 Å². The van der Waals surface area contributed by atoms with Gasteiger partial charge in [-0.25, -0.2) is 0 Å². The van der Waals surface area contributed by atoms with Gasteiger partial charge < -0.3 is 29.3 Å². The highest BCUT2D eigenvalue weighted by molar-refractivity contribution is 6.04. The average molecular weight is 540 g/mol. The lowest BCUT2D eigenvalue weighted by atomic mass is 9.70. The maximum absolute atomic E-state index is 14.4. The Morgan fingerprint density at radius 2 is 1.87 bits per heavy atom. The van der Waals surface area contributed by atoms with Crippen molar-refractivity contribution in [2.24, 2.45) is 11.8 Å². The van der Waals surface area contributed by atoms with Crippen molar-refractivity contribution in [1.82, 2.24) is 4.90 Å². The first-order valence-electron chi connectivity index (χ1n) is 14.0. The van der Waals surface area contributed by atoms with Crippen molar-refractivity contribution in [3.05, 3.63) is 49.6 Å². The number of anilines is 2. The van der Waals surface area contributed by atoms with Gasteiger partial charge in [0.2, 0.25) is 5.91 Å². The molecule has 9 heteroatoms. The van der Waals surface area contributed by atoms with Crippen molar-refractivity contribution < 1.29 is 29.0 Å². The fourth-order valence-electron chi connectivity index (χ4n) is 6.55. The number of esters is 1. The number of ether oxygens (including phenoxy) is 2. The number of carbonyl (C=O) groups excluding carboxylic acids is 3. The Kier molecular flexibility index (Phi) is 9.12. The first kappa shape index (κ1) is 28.8. The third-order valence-electron chi connectivity index (χ3n) is 8.30. The van der Waals surface area contributed by atoms with Gasteiger partial charge in [0.05, 0.1) is 24.5 Å². The highest BCUT2D eigenvalue weighted by atomic mass is 16.6. The Morgan fingerprint density at radius 1 is 1.18 bits per heavy atom. The average Bonchev–Trinajstić information content (AvgIpc) is 3.59. The monoisotopic (exact) mass is 539 g/mol. The van der Waals surface area contributed by atoms with Gasteiger partial charge in [-0.05, 0) is 63.8 Å². The summed E-state index contributed by atoms with van der Waals surface area (Å²) >= 11 is 0. The van der Waals surface area contributed by atoms with E-state index >= 15 is 0 Å². The molecule has 0 aromatic heterocycles. The summed E-state index contributed by atoms with van der Waals surface area (Å²) in [6.45, 7) is 14.0. The van der Waals surface area contributed by atoms with Crippen LogP contribution in [0.5, 0.6) is 0 Å². The molecule has 3 saturated heterocycles. The van der Waals surface area contributed by atoms with Crippen molar-refractivity contribution in [2.45, 2.75) is 57.3 Å².